The highest BCUT2D eigenvalue weighted by atomic mass is 16.5. The maximum Gasteiger partial charge on any atom is 0.157 e. The third-order valence-electron chi connectivity index (χ3n) is 2.72. The van der Waals surface area contributed by atoms with Gasteiger partial charge in [-0.25, -0.2) is 0 Å². The number of benzene rings is 1. The molecular formula is C13H17N3O. The van der Waals surface area contributed by atoms with Gasteiger partial charge in [-0.05, 0) is 23.6 Å². The normalized spacial score (nSPS) is 10.5. The molecule has 90 valence electrons. The Morgan fingerprint density at radius 2 is 2.24 bits per heavy atom. The lowest BCUT2D eigenvalue weighted by atomic mass is 10.1. The highest BCUT2D eigenvalue weighted by Gasteiger charge is 2.02. The predicted molar refractivity (Wildman–Crippen MR) is 66.6 cm³/mol. The maximum atomic E-state index is 5.65. The topological polar surface area (TPSA) is 53.1 Å². The number of nitrogens with two attached hydrogens (primary N) is 1. The summed E-state index contributed by atoms with van der Waals surface area (Å²) < 4.78 is 7.37. The number of rotatable bonds is 4. The van der Waals surface area contributed by atoms with E-state index in [9.17, 15) is 0 Å². The fourth-order valence-corrected chi connectivity index (χ4v) is 1.68. The largest absolute Gasteiger partial charge is 0.486 e. The average molecular weight is 231 g/mol. The number of hydrogen-bond donors (Lipinski definition) is 1. The van der Waals surface area contributed by atoms with Crippen molar-refractivity contribution >= 4 is 0 Å². The first kappa shape index (κ1) is 11.7. The van der Waals surface area contributed by atoms with E-state index in [0.29, 0.717) is 13.2 Å². The van der Waals surface area contributed by atoms with E-state index in [1.807, 2.05) is 19.3 Å². The molecule has 4 nitrogen and oxygen atoms in total. The van der Waals surface area contributed by atoms with Crippen LogP contribution < -0.4 is 10.5 Å². The first-order valence-electron chi connectivity index (χ1n) is 5.59. The van der Waals surface area contributed by atoms with Crippen molar-refractivity contribution in [1.82, 2.24) is 9.78 Å². The van der Waals surface area contributed by atoms with Gasteiger partial charge in [0.05, 0.1) is 12.4 Å². The van der Waals surface area contributed by atoms with Crippen LogP contribution in [0.25, 0.3) is 0 Å². The molecule has 2 rings (SSSR count). The molecule has 2 aromatic rings. The Kier molecular flexibility index (Phi) is 3.44. The summed E-state index contributed by atoms with van der Waals surface area (Å²) in [4.78, 5) is 0. The van der Waals surface area contributed by atoms with Gasteiger partial charge in [-0.2, -0.15) is 5.10 Å². The van der Waals surface area contributed by atoms with Crippen LogP contribution in [0.15, 0.2) is 30.6 Å². The van der Waals surface area contributed by atoms with Crippen molar-refractivity contribution in [2.24, 2.45) is 12.8 Å². The number of aromatic nitrogens is 2. The molecule has 0 spiro atoms. The van der Waals surface area contributed by atoms with Crippen molar-refractivity contribution in [1.29, 1.82) is 0 Å². The number of hydrogen-bond acceptors (Lipinski definition) is 3. The Morgan fingerprint density at radius 1 is 1.41 bits per heavy atom. The van der Waals surface area contributed by atoms with Gasteiger partial charge in [0.2, 0.25) is 0 Å². The lowest BCUT2D eigenvalue weighted by molar-refractivity contribution is 0.305. The molecule has 0 aliphatic carbocycles. The second-order valence-electron chi connectivity index (χ2n) is 4.10. The third-order valence-corrected chi connectivity index (χ3v) is 2.72. The highest BCUT2D eigenvalue weighted by molar-refractivity contribution is 5.31. The van der Waals surface area contributed by atoms with Crippen molar-refractivity contribution in [2.75, 3.05) is 0 Å². The van der Waals surface area contributed by atoms with E-state index in [1.165, 1.54) is 11.1 Å². The quantitative estimate of drug-likeness (QED) is 0.872. The van der Waals surface area contributed by atoms with E-state index in [0.717, 1.165) is 11.3 Å². The molecule has 1 aromatic carbocycles. The summed E-state index contributed by atoms with van der Waals surface area (Å²) in [6.45, 7) is 3.20. The maximum absolute atomic E-state index is 5.65. The van der Waals surface area contributed by atoms with Gasteiger partial charge >= 0.3 is 0 Å². The summed E-state index contributed by atoms with van der Waals surface area (Å²) in [5, 5.41) is 4.05. The summed E-state index contributed by atoms with van der Waals surface area (Å²) in [5.74, 6) is 0.787. The van der Waals surface area contributed by atoms with Crippen molar-refractivity contribution < 1.29 is 4.74 Å². The molecule has 0 radical (unpaired) electrons. The zero-order chi connectivity index (χ0) is 12.3. The zero-order valence-corrected chi connectivity index (χ0v) is 10.2. The molecule has 0 fully saturated rings. The lowest BCUT2D eigenvalue weighted by Gasteiger charge is -2.08. The Hall–Kier alpha value is -1.81. The smallest absolute Gasteiger partial charge is 0.157 e. The van der Waals surface area contributed by atoms with Crippen molar-refractivity contribution in [3.05, 3.63) is 47.3 Å². The Bertz CT molecular complexity index is 505. The van der Waals surface area contributed by atoms with Gasteiger partial charge < -0.3 is 10.5 Å². The summed E-state index contributed by atoms with van der Waals surface area (Å²) in [7, 11) is 1.87. The molecule has 0 saturated carbocycles. The molecular weight excluding hydrogens is 214 g/mol. The standard InChI is InChI=1S/C13H17N3O/c1-10-5-11(6-14)3-4-12(10)9-17-13-7-15-16(2)8-13/h3-5,7-8H,6,9,14H2,1-2H3. The summed E-state index contributed by atoms with van der Waals surface area (Å²) in [5.41, 5.74) is 9.12. The van der Waals surface area contributed by atoms with Gasteiger partial charge in [0.1, 0.15) is 6.61 Å². The van der Waals surface area contributed by atoms with Gasteiger partial charge in [-0.1, -0.05) is 18.2 Å². The van der Waals surface area contributed by atoms with Crippen LogP contribution in [0.1, 0.15) is 16.7 Å². The molecule has 4 heteroatoms. The van der Waals surface area contributed by atoms with Gasteiger partial charge in [0, 0.05) is 13.6 Å². The molecule has 0 amide bonds. The SMILES string of the molecule is Cc1cc(CN)ccc1COc1cnn(C)c1. The Labute approximate surface area is 101 Å². The van der Waals surface area contributed by atoms with Crippen molar-refractivity contribution in [2.45, 2.75) is 20.1 Å². The van der Waals surface area contributed by atoms with E-state index in [-0.39, 0.29) is 0 Å². The summed E-state index contributed by atoms with van der Waals surface area (Å²) >= 11 is 0. The van der Waals surface area contributed by atoms with Gasteiger partial charge in [0.25, 0.3) is 0 Å². The number of aryl methyl sites for hydroxylation is 2. The Balaban J connectivity index is 2.04. The summed E-state index contributed by atoms with van der Waals surface area (Å²) in [6, 6.07) is 6.20. The van der Waals surface area contributed by atoms with Crippen LogP contribution in [0, 0.1) is 6.92 Å². The van der Waals surface area contributed by atoms with E-state index in [2.05, 4.69) is 24.2 Å². The highest BCUT2D eigenvalue weighted by Crippen LogP contribution is 2.15. The molecule has 0 unspecified atom stereocenters. The molecule has 1 heterocycles. The number of nitrogens with zero attached hydrogens (tertiary/aromatic N) is 2. The lowest BCUT2D eigenvalue weighted by Crippen LogP contribution is -2.01. The van der Waals surface area contributed by atoms with Crippen LogP contribution in [0.5, 0.6) is 5.75 Å². The molecule has 0 aliphatic heterocycles. The molecule has 1 aromatic heterocycles. The van der Waals surface area contributed by atoms with Gasteiger partial charge in [-0.3, -0.25) is 4.68 Å². The minimum atomic E-state index is 0.558. The van der Waals surface area contributed by atoms with E-state index >= 15 is 0 Å². The zero-order valence-electron chi connectivity index (χ0n) is 10.2. The molecule has 0 bridgehead atoms. The fourth-order valence-electron chi connectivity index (χ4n) is 1.68. The first-order valence-corrected chi connectivity index (χ1v) is 5.59. The predicted octanol–water partition coefficient (Wildman–Crippen LogP) is 1.77. The van der Waals surface area contributed by atoms with Crippen LogP contribution in [-0.4, -0.2) is 9.78 Å². The third kappa shape index (κ3) is 2.85. The molecule has 0 saturated heterocycles. The average Bonchev–Trinajstić information content (AvgIpc) is 2.73. The van der Waals surface area contributed by atoms with Crippen LogP contribution in [0.3, 0.4) is 0 Å². The Morgan fingerprint density at radius 3 is 2.82 bits per heavy atom. The van der Waals surface area contributed by atoms with Crippen LogP contribution in [0.2, 0.25) is 0 Å². The molecule has 2 N–H and O–H groups in total. The monoisotopic (exact) mass is 231 g/mol. The second kappa shape index (κ2) is 5.01. The van der Waals surface area contributed by atoms with Gasteiger partial charge in [0.15, 0.2) is 5.75 Å². The van der Waals surface area contributed by atoms with Crippen molar-refractivity contribution in [3.8, 4) is 5.75 Å². The molecule has 0 atom stereocenters. The second-order valence-corrected chi connectivity index (χ2v) is 4.10. The van der Waals surface area contributed by atoms with Crippen LogP contribution in [0.4, 0.5) is 0 Å². The fraction of sp³-hybridized carbons (Fsp3) is 0.308. The minimum absolute atomic E-state index is 0.558. The van der Waals surface area contributed by atoms with E-state index < -0.39 is 0 Å². The summed E-state index contributed by atoms with van der Waals surface area (Å²) in [6.07, 6.45) is 3.56. The minimum Gasteiger partial charge on any atom is -0.486 e. The van der Waals surface area contributed by atoms with Crippen LogP contribution >= 0.6 is 0 Å². The van der Waals surface area contributed by atoms with Crippen LogP contribution in [-0.2, 0) is 20.2 Å². The van der Waals surface area contributed by atoms with Crippen molar-refractivity contribution in [3.63, 3.8) is 0 Å². The molecule has 0 aliphatic rings. The van der Waals surface area contributed by atoms with E-state index in [1.54, 1.807) is 10.9 Å². The van der Waals surface area contributed by atoms with Gasteiger partial charge in [-0.15, -0.1) is 0 Å². The molecule has 17 heavy (non-hydrogen) atoms. The van der Waals surface area contributed by atoms with E-state index in [4.69, 9.17) is 10.5 Å². The number of ether oxygens (including phenoxy) is 1. The first-order chi connectivity index (χ1) is 8.19.